The molecule has 20 nitrogen and oxygen atoms in total. The first-order valence-electron chi connectivity index (χ1n) is 22.3. The molecule has 0 heterocycles. The Labute approximate surface area is 408 Å². The van der Waals surface area contributed by atoms with Crippen molar-refractivity contribution < 1.29 is 94.2 Å². The third-order valence-electron chi connectivity index (χ3n) is 6.12. The Kier molecular flexibility index (Phi) is 51.0. The summed E-state index contributed by atoms with van der Waals surface area (Å²) in [5, 5.41) is 16.9. The number of aliphatic hydroxyl groups excluding tert-OH is 2. The Bertz CT molecular complexity index is 1100. The van der Waals surface area contributed by atoms with Gasteiger partial charge in [0.15, 0.2) is 46.9 Å². The average Bonchev–Trinajstić information content (AvgIpc) is 3.19. The molecule has 0 spiro atoms. The number of hydrogen-bond acceptors (Lipinski definition) is 20. The number of aliphatic hydroxyl groups is 2. The fraction of sp³-hybridized carbons (Fsp3) is 0.814. The Morgan fingerprint density at radius 1 is 0.313 bits per heavy atom. The lowest BCUT2D eigenvalue weighted by atomic mass is 10.7. The molecule has 0 aromatic heterocycles. The summed E-state index contributed by atoms with van der Waals surface area (Å²) < 4.78 is 93.4. The van der Waals surface area contributed by atoms with Crippen molar-refractivity contribution in [2.24, 2.45) is 0 Å². The van der Waals surface area contributed by atoms with Crippen LogP contribution in [-0.4, -0.2) is 183 Å². The van der Waals surface area contributed by atoms with Crippen LogP contribution in [0.1, 0.15) is 13.8 Å². The highest BCUT2D eigenvalue weighted by atomic mass is 28.4. The molecule has 67 heavy (non-hydrogen) atoms. The van der Waals surface area contributed by atoms with Gasteiger partial charge in [0, 0.05) is 0 Å². The quantitative estimate of drug-likeness (QED) is 0.0266. The van der Waals surface area contributed by atoms with E-state index in [0.717, 1.165) is 0 Å². The molecule has 0 atom stereocenters. The predicted molar refractivity (Wildman–Crippen MR) is 267 cm³/mol. The van der Waals surface area contributed by atoms with Crippen molar-refractivity contribution >= 4 is 33.3 Å². The van der Waals surface area contributed by atoms with Gasteiger partial charge in [0.1, 0.15) is 20.4 Å². The second kappa shape index (κ2) is 47.7. The van der Waals surface area contributed by atoms with Gasteiger partial charge in [0.05, 0.1) is 106 Å². The molecule has 0 saturated heterocycles. The van der Waals surface area contributed by atoms with Gasteiger partial charge in [-0.25, -0.2) is 0 Å². The second-order valence-corrected chi connectivity index (χ2v) is 35.0. The van der Waals surface area contributed by atoms with E-state index in [1.807, 2.05) is 13.8 Å². The number of ether oxygens (including phenoxy) is 14. The van der Waals surface area contributed by atoms with E-state index < -0.39 is 33.3 Å². The highest BCUT2D eigenvalue weighted by Crippen LogP contribution is 2.10. The van der Waals surface area contributed by atoms with Crippen molar-refractivity contribution in [2.75, 3.05) is 140 Å². The van der Waals surface area contributed by atoms with E-state index in [0.29, 0.717) is 99.3 Å². The van der Waals surface area contributed by atoms with Crippen LogP contribution in [0.25, 0.3) is 0 Å². The Morgan fingerprint density at radius 2 is 0.567 bits per heavy atom. The third kappa shape index (κ3) is 75.8. The molecule has 0 fully saturated rings. The van der Waals surface area contributed by atoms with E-state index >= 15 is 0 Å². The minimum atomic E-state index is -1.55. The summed E-state index contributed by atoms with van der Waals surface area (Å²) in [4.78, 5) is 0. The molecule has 2 N–H and O–H groups in total. The first-order chi connectivity index (χ1) is 31.3. The lowest BCUT2D eigenvalue weighted by molar-refractivity contribution is -0.0833. The molecule has 0 unspecified atom stereocenters. The molecule has 0 aromatic carbocycles. The first kappa shape index (κ1) is 71.6. The van der Waals surface area contributed by atoms with Gasteiger partial charge in [-0.3, -0.25) is 0 Å². The first-order valence-corrected chi connectivity index (χ1v) is 36.0. The van der Waals surface area contributed by atoms with E-state index in [2.05, 4.69) is 105 Å². The van der Waals surface area contributed by atoms with Crippen molar-refractivity contribution in [3.05, 3.63) is 50.1 Å². The molecular formula is C43H94O20Si4. The van der Waals surface area contributed by atoms with Crippen LogP contribution in [0.15, 0.2) is 50.1 Å². The molecule has 0 aromatic rings. The third-order valence-corrected chi connectivity index (χ3v) is 10.1. The maximum Gasteiger partial charge on any atom is 0.281 e. The molecule has 24 heteroatoms. The van der Waals surface area contributed by atoms with E-state index in [4.69, 9.17) is 94.2 Å². The van der Waals surface area contributed by atoms with Gasteiger partial charge in [0.25, 0.3) is 23.8 Å². The second-order valence-electron chi connectivity index (χ2n) is 17.0. The summed E-state index contributed by atoms with van der Waals surface area (Å²) in [5.41, 5.74) is 0. The van der Waals surface area contributed by atoms with Gasteiger partial charge in [-0.05, 0) is 119 Å². The van der Waals surface area contributed by atoms with Crippen molar-refractivity contribution in [3.8, 4) is 0 Å². The smallest absolute Gasteiger partial charge is 0.281 e. The Balaban J connectivity index is -0.000000397. The molecule has 0 amide bonds. The summed E-state index contributed by atoms with van der Waals surface area (Å²) in [6.07, 6.45) is 0. The molecule has 0 aliphatic heterocycles. The van der Waals surface area contributed by atoms with Crippen LogP contribution >= 0.6 is 0 Å². The molecule has 0 rings (SSSR count). The van der Waals surface area contributed by atoms with E-state index in [1.165, 1.54) is 0 Å². The van der Waals surface area contributed by atoms with Crippen LogP contribution in [-0.2, 0) is 84.0 Å². The summed E-state index contributed by atoms with van der Waals surface area (Å²) in [7, 11) is -6.00. The van der Waals surface area contributed by atoms with Crippen LogP contribution < -0.4 is 0 Å². The lowest BCUT2D eigenvalue weighted by Gasteiger charge is -2.18. The van der Waals surface area contributed by atoms with E-state index in [9.17, 15) is 0 Å². The fourth-order valence-corrected chi connectivity index (χ4v) is 5.14. The zero-order valence-corrected chi connectivity index (χ0v) is 47.9. The summed E-state index contributed by atoms with van der Waals surface area (Å²) in [6.45, 7) is 51.0. The largest absolute Gasteiger partial charge is 0.466 e. The minimum absolute atomic E-state index is 0.0106. The average molecular weight is 1040 g/mol. The van der Waals surface area contributed by atoms with Crippen LogP contribution in [0.4, 0.5) is 0 Å². The number of rotatable bonds is 43. The maximum atomic E-state index is 8.46. The highest BCUT2D eigenvalue weighted by molar-refractivity contribution is 6.70. The lowest BCUT2D eigenvalue weighted by Crippen LogP contribution is -2.27. The van der Waals surface area contributed by atoms with Gasteiger partial charge < -0.3 is 94.2 Å². The summed E-state index contributed by atoms with van der Waals surface area (Å²) in [5.74, 6) is 0.615. The van der Waals surface area contributed by atoms with Gasteiger partial charge in [-0.15, -0.1) is 0 Å². The van der Waals surface area contributed by atoms with E-state index in [-0.39, 0.29) is 64.2 Å². The normalized spacial score (nSPS) is 11.4. The molecule has 402 valence electrons. The van der Waals surface area contributed by atoms with Crippen LogP contribution in [0, 0.1) is 0 Å². The van der Waals surface area contributed by atoms with Crippen LogP contribution in [0.2, 0.25) is 78.6 Å². The predicted octanol–water partition coefficient (Wildman–Crippen LogP) is 7.28. The molecule has 0 aliphatic rings. The van der Waals surface area contributed by atoms with Gasteiger partial charge in [0.2, 0.25) is 0 Å². The van der Waals surface area contributed by atoms with E-state index in [1.54, 1.807) is 0 Å². The zero-order chi connectivity index (χ0) is 51.9. The summed E-state index contributed by atoms with van der Waals surface area (Å²) in [6, 6.07) is 0. The molecule has 0 saturated carbocycles. The van der Waals surface area contributed by atoms with Gasteiger partial charge in [-0.1, -0.05) is 0 Å². The van der Waals surface area contributed by atoms with Crippen molar-refractivity contribution in [1.29, 1.82) is 0 Å². The van der Waals surface area contributed by atoms with Crippen molar-refractivity contribution in [3.63, 3.8) is 0 Å². The van der Waals surface area contributed by atoms with Crippen molar-refractivity contribution in [2.45, 2.75) is 92.4 Å². The van der Waals surface area contributed by atoms with Gasteiger partial charge >= 0.3 is 0 Å². The molecule has 0 aliphatic carbocycles. The zero-order valence-electron chi connectivity index (χ0n) is 43.9. The molecule has 0 bridgehead atoms. The molecule has 0 radical (unpaired) electrons. The highest BCUT2D eigenvalue weighted by Gasteiger charge is 2.16. The van der Waals surface area contributed by atoms with Crippen molar-refractivity contribution in [1.82, 2.24) is 0 Å². The SMILES string of the molecule is C=C(OCC)OC(=C)OCO[Si](C)(C)C.C=C(OCC)OC(=C)OCO[Si](C)(C)C.C[Si](C)(C)OCCOCCOCOCCOCCO.C[Si](C)(C)OCOCCOCCOCOCCO. The minimum Gasteiger partial charge on any atom is -0.466 e. The van der Waals surface area contributed by atoms with Gasteiger partial charge in [-0.2, -0.15) is 0 Å². The fourth-order valence-electron chi connectivity index (χ4n) is 3.18. The Morgan fingerprint density at radius 3 is 0.896 bits per heavy atom. The standard InChI is InChI=1S/C12H28O6Si.C11H26O6Si.2C10H20O4Si/c1-19(2,3)18-11-10-15-7-9-17-12-16-8-6-14-5-4-13;1-18(2,3)17-11-16-9-7-13-6-8-15-10-14-5-4-12;2*1-7-11-9(2)14-10(3)12-8-13-15(4,5)6/h13H,4-12H2,1-3H3;12H,4-11H2,1-3H3;2*2-3,7-8H2,1,4-6H3. The van der Waals surface area contributed by atoms with Crippen LogP contribution in [0.3, 0.4) is 0 Å². The topological polar surface area (TPSA) is 207 Å². The monoisotopic (exact) mass is 1040 g/mol. The summed E-state index contributed by atoms with van der Waals surface area (Å²) >= 11 is 0. The van der Waals surface area contributed by atoms with Crippen LogP contribution in [0.5, 0.6) is 0 Å². The Hall–Kier alpha value is -1.93. The molecular weight excluding hydrogens is 949 g/mol. The number of hydrogen-bond donors (Lipinski definition) is 2. The maximum absolute atomic E-state index is 8.46.